The molecule has 0 amide bonds. The Labute approximate surface area is 193 Å². The third-order valence-corrected chi connectivity index (χ3v) is 7.51. The van der Waals surface area contributed by atoms with Gasteiger partial charge in [-0.2, -0.15) is 8.78 Å². The molecular formula is C26H46F2O4. The maximum absolute atomic E-state index is 14.8. The monoisotopic (exact) mass is 460 g/mol. The number of carbonyl (C=O) groups is 1. The SMILES string of the molecule is CCCCCC1CCC(C(F)(F)OC2CCC(CC(CO)COC(=O)C(C)C)CC2)CC1. The molecule has 0 aromatic rings. The number of aliphatic hydroxyl groups excluding tert-OH is 1. The van der Waals surface area contributed by atoms with Crippen LogP contribution in [-0.4, -0.2) is 36.5 Å². The first kappa shape index (κ1) is 27.5. The molecule has 1 atom stereocenters. The van der Waals surface area contributed by atoms with Gasteiger partial charge < -0.3 is 14.6 Å². The quantitative estimate of drug-likeness (QED) is 0.244. The largest absolute Gasteiger partial charge is 0.465 e. The van der Waals surface area contributed by atoms with Crippen LogP contribution in [0.15, 0.2) is 0 Å². The lowest BCUT2D eigenvalue weighted by atomic mass is 9.79. The second-order valence-electron chi connectivity index (χ2n) is 10.6. The first-order valence-corrected chi connectivity index (χ1v) is 13.1. The number of hydrogen-bond donors (Lipinski definition) is 1. The van der Waals surface area contributed by atoms with Crippen LogP contribution in [0.2, 0.25) is 0 Å². The van der Waals surface area contributed by atoms with Crippen LogP contribution in [0.25, 0.3) is 0 Å². The van der Waals surface area contributed by atoms with Crippen LogP contribution >= 0.6 is 0 Å². The summed E-state index contributed by atoms with van der Waals surface area (Å²) in [5.74, 6) is -0.191. The lowest BCUT2D eigenvalue weighted by molar-refractivity contribution is -0.302. The molecular weight excluding hydrogens is 414 g/mol. The molecule has 32 heavy (non-hydrogen) atoms. The van der Waals surface area contributed by atoms with Gasteiger partial charge in [-0.25, -0.2) is 0 Å². The molecule has 2 aliphatic carbocycles. The van der Waals surface area contributed by atoms with Crippen molar-refractivity contribution in [1.82, 2.24) is 0 Å². The van der Waals surface area contributed by atoms with Gasteiger partial charge in [0.15, 0.2) is 0 Å². The molecule has 0 aromatic carbocycles. The van der Waals surface area contributed by atoms with E-state index in [2.05, 4.69) is 6.92 Å². The standard InChI is InChI=1S/C26H46F2O4/c1-4-5-6-7-20-8-12-23(13-9-20)26(27,28)32-24-14-10-21(11-15-24)16-22(17-29)18-31-25(30)19(2)3/h19-24,29H,4-18H2,1-3H3. The molecule has 1 N–H and O–H groups in total. The maximum Gasteiger partial charge on any atom is 0.358 e. The van der Waals surface area contributed by atoms with Crippen LogP contribution in [0.5, 0.6) is 0 Å². The van der Waals surface area contributed by atoms with E-state index in [1.165, 1.54) is 25.7 Å². The van der Waals surface area contributed by atoms with Gasteiger partial charge in [-0.1, -0.05) is 46.5 Å². The summed E-state index contributed by atoms with van der Waals surface area (Å²) in [5.41, 5.74) is 0. The van der Waals surface area contributed by atoms with Crippen molar-refractivity contribution in [2.45, 2.75) is 116 Å². The van der Waals surface area contributed by atoms with E-state index in [0.29, 0.717) is 37.5 Å². The number of unbranched alkanes of at least 4 members (excludes halogenated alkanes) is 2. The number of aliphatic hydroxyl groups is 1. The molecule has 0 heterocycles. The highest BCUT2D eigenvalue weighted by Gasteiger charge is 2.44. The van der Waals surface area contributed by atoms with E-state index in [0.717, 1.165) is 32.1 Å². The molecule has 0 aliphatic heterocycles. The predicted octanol–water partition coefficient (Wildman–Crippen LogP) is 6.74. The number of halogens is 2. The Bertz CT molecular complexity index is 524. The van der Waals surface area contributed by atoms with Crippen LogP contribution in [0.4, 0.5) is 8.78 Å². The summed E-state index contributed by atoms with van der Waals surface area (Å²) in [6, 6.07) is 0. The smallest absolute Gasteiger partial charge is 0.358 e. The van der Waals surface area contributed by atoms with Crippen LogP contribution in [0.3, 0.4) is 0 Å². The average molecular weight is 461 g/mol. The van der Waals surface area contributed by atoms with Gasteiger partial charge in [0.1, 0.15) is 0 Å². The number of ether oxygens (including phenoxy) is 2. The Morgan fingerprint density at radius 2 is 1.62 bits per heavy atom. The highest BCUT2D eigenvalue weighted by molar-refractivity contribution is 5.71. The van der Waals surface area contributed by atoms with Gasteiger partial charge in [0.05, 0.1) is 24.5 Å². The third kappa shape index (κ3) is 9.24. The molecule has 188 valence electrons. The fraction of sp³-hybridized carbons (Fsp3) is 0.962. The summed E-state index contributed by atoms with van der Waals surface area (Å²) in [4.78, 5) is 11.6. The number of esters is 1. The van der Waals surface area contributed by atoms with Gasteiger partial charge in [-0.15, -0.1) is 0 Å². The fourth-order valence-electron chi connectivity index (χ4n) is 5.31. The van der Waals surface area contributed by atoms with Crippen molar-refractivity contribution in [3.8, 4) is 0 Å². The normalized spacial score (nSPS) is 28.0. The van der Waals surface area contributed by atoms with E-state index >= 15 is 0 Å². The lowest BCUT2D eigenvalue weighted by Gasteiger charge is -2.37. The number of rotatable bonds is 13. The Hall–Kier alpha value is -0.750. The van der Waals surface area contributed by atoms with E-state index in [9.17, 15) is 18.7 Å². The van der Waals surface area contributed by atoms with Crippen LogP contribution < -0.4 is 0 Å². The molecule has 4 nitrogen and oxygen atoms in total. The Morgan fingerprint density at radius 1 is 1.00 bits per heavy atom. The van der Waals surface area contributed by atoms with Crippen molar-refractivity contribution >= 4 is 5.97 Å². The minimum absolute atomic E-state index is 0.0268. The zero-order chi connectivity index (χ0) is 23.6. The summed E-state index contributed by atoms with van der Waals surface area (Å²) in [6.07, 6.45) is 8.08. The molecule has 0 aromatic heterocycles. The van der Waals surface area contributed by atoms with Crippen LogP contribution in [0.1, 0.15) is 104 Å². The molecule has 0 spiro atoms. The summed E-state index contributed by atoms with van der Waals surface area (Å²) < 4.78 is 40.3. The topological polar surface area (TPSA) is 55.8 Å². The molecule has 0 saturated heterocycles. The maximum atomic E-state index is 14.8. The van der Waals surface area contributed by atoms with E-state index < -0.39 is 12.0 Å². The highest BCUT2D eigenvalue weighted by atomic mass is 19.3. The number of hydrogen-bond acceptors (Lipinski definition) is 4. The summed E-state index contributed by atoms with van der Waals surface area (Å²) in [5, 5.41) is 9.62. The van der Waals surface area contributed by atoms with Crippen molar-refractivity contribution in [2.24, 2.45) is 29.6 Å². The Morgan fingerprint density at radius 3 is 2.19 bits per heavy atom. The van der Waals surface area contributed by atoms with E-state index in [4.69, 9.17) is 9.47 Å². The van der Waals surface area contributed by atoms with Gasteiger partial charge in [0, 0.05) is 12.5 Å². The molecule has 2 fully saturated rings. The van der Waals surface area contributed by atoms with Crippen molar-refractivity contribution in [3.05, 3.63) is 0 Å². The number of carbonyl (C=O) groups excluding carboxylic acids is 1. The molecule has 6 heteroatoms. The predicted molar refractivity (Wildman–Crippen MR) is 122 cm³/mol. The summed E-state index contributed by atoms with van der Waals surface area (Å²) >= 11 is 0. The molecule has 0 bridgehead atoms. The Kier molecular flexibility index (Phi) is 11.9. The first-order chi connectivity index (χ1) is 15.2. The van der Waals surface area contributed by atoms with Crippen LogP contribution in [-0.2, 0) is 14.3 Å². The zero-order valence-corrected chi connectivity index (χ0v) is 20.5. The van der Waals surface area contributed by atoms with Crippen molar-refractivity contribution in [1.29, 1.82) is 0 Å². The molecule has 1 unspecified atom stereocenters. The molecule has 2 saturated carbocycles. The van der Waals surface area contributed by atoms with E-state index in [1.807, 2.05) is 0 Å². The third-order valence-electron chi connectivity index (χ3n) is 7.51. The molecule has 2 rings (SSSR count). The zero-order valence-electron chi connectivity index (χ0n) is 20.5. The van der Waals surface area contributed by atoms with Gasteiger partial charge in [-0.05, 0) is 69.6 Å². The first-order valence-electron chi connectivity index (χ1n) is 13.1. The summed E-state index contributed by atoms with van der Waals surface area (Å²) in [7, 11) is 0. The Balaban J connectivity index is 1.69. The van der Waals surface area contributed by atoms with E-state index in [1.54, 1.807) is 13.8 Å². The van der Waals surface area contributed by atoms with Gasteiger partial charge >= 0.3 is 12.1 Å². The van der Waals surface area contributed by atoms with E-state index in [-0.39, 0.29) is 37.1 Å². The second-order valence-corrected chi connectivity index (χ2v) is 10.6. The van der Waals surface area contributed by atoms with Crippen LogP contribution in [0, 0.1) is 29.6 Å². The minimum Gasteiger partial charge on any atom is -0.465 e. The van der Waals surface area contributed by atoms with Gasteiger partial charge in [0.2, 0.25) is 0 Å². The van der Waals surface area contributed by atoms with Gasteiger partial charge in [-0.3, -0.25) is 4.79 Å². The lowest BCUT2D eigenvalue weighted by Crippen LogP contribution is -2.39. The number of alkyl halides is 2. The second kappa shape index (κ2) is 13.8. The molecule has 2 aliphatic rings. The molecule has 0 radical (unpaired) electrons. The average Bonchev–Trinajstić information content (AvgIpc) is 2.77. The van der Waals surface area contributed by atoms with Gasteiger partial charge in [0.25, 0.3) is 0 Å². The van der Waals surface area contributed by atoms with Crippen molar-refractivity contribution in [2.75, 3.05) is 13.2 Å². The summed E-state index contributed by atoms with van der Waals surface area (Å²) in [6.45, 7) is 5.96. The van der Waals surface area contributed by atoms with Crippen molar-refractivity contribution in [3.63, 3.8) is 0 Å². The highest BCUT2D eigenvalue weighted by Crippen LogP contribution is 2.43. The van der Waals surface area contributed by atoms with Crippen molar-refractivity contribution < 1.29 is 28.2 Å². The fourth-order valence-corrected chi connectivity index (χ4v) is 5.31. The minimum atomic E-state index is -3.02.